The van der Waals surface area contributed by atoms with Crippen molar-refractivity contribution in [1.82, 2.24) is 19.4 Å². The first kappa shape index (κ1) is 31.1. The number of allylic oxidation sites excluding steroid dienone is 1. The highest BCUT2D eigenvalue weighted by Crippen LogP contribution is 2.39. The Morgan fingerprint density at radius 2 is 1.82 bits per heavy atom. The Morgan fingerprint density at radius 3 is 2.44 bits per heavy atom. The molecule has 0 atom stereocenters. The number of piperidine rings is 1. The number of amidine groups is 1. The summed E-state index contributed by atoms with van der Waals surface area (Å²) in [5, 5.41) is 0. The number of rotatable bonds is 8. The van der Waals surface area contributed by atoms with E-state index < -0.39 is 21.0 Å². The van der Waals surface area contributed by atoms with E-state index in [0.717, 1.165) is 90.1 Å². The highest BCUT2D eigenvalue weighted by molar-refractivity contribution is 14.2. The molecule has 6 rings (SSSR count). The third-order valence-corrected chi connectivity index (χ3v) is 10.3. The number of carbonyl (C=O) groups is 1. The second kappa shape index (κ2) is 12.8. The van der Waals surface area contributed by atoms with Crippen LogP contribution in [0.15, 0.2) is 69.9 Å². The van der Waals surface area contributed by atoms with Crippen LogP contribution in [-0.4, -0.2) is 61.9 Å². The highest BCUT2D eigenvalue weighted by Gasteiger charge is 2.34. The topological polar surface area (TPSA) is 119 Å². The number of hydrogen-bond donors (Lipinski definition) is 2. The molecule has 9 nitrogen and oxygen atoms in total. The van der Waals surface area contributed by atoms with Crippen molar-refractivity contribution in [3.63, 3.8) is 0 Å². The van der Waals surface area contributed by atoms with Crippen LogP contribution >= 0.6 is 21.0 Å². The number of halogens is 1. The summed E-state index contributed by atoms with van der Waals surface area (Å²) in [5.41, 5.74) is 20.3. The fourth-order valence-corrected chi connectivity index (χ4v) is 7.09. The fraction of sp³-hybridized carbons (Fsp3) is 0.343. The zero-order valence-corrected chi connectivity index (χ0v) is 28.4. The molecular formula is C35H41IN8O. The molecule has 4 aromatic rings. The van der Waals surface area contributed by atoms with Gasteiger partial charge >= 0.3 is 0 Å². The molecule has 1 saturated heterocycles. The number of imidazole rings is 1. The number of fused-ring (bicyclic) bond motifs is 1. The van der Waals surface area contributed by atoms with Gasteiger partial charge in [-0.05, 0) is 85.5 Å². The van der Waals surface area contributed by atoms with Gasteiger partial charge in [-0.2, -0.15) is 0 Å². The van der Waals surface area contributed by atoms with Gasteiger partial charge in [0.25, 0.3) is 0 Å². The Balaban J connectivity index is 1.39. The monoisotopic (exact) mass is 716 g/mol. The lowest BCUT2D eigenvalue weighted by atomic mass is 9.73. The van der Waals surface area contributed by atoms with E-state index in [1.54, 1.807) is 6.92 Å². The van der Waals surface area contributed by atoms with Gasteiger partial charge in [0.2, 0.25) is 5.91 Å². The second-order valence-corrected chi connectivity index (χ2v) is 13.2. The third kappa shape index (κ3) is 6.05. The molecule has 4 N–H and O–H groups in total. The lowest BCUT2D eigenvalue weighted by Crippen LogP contribution is -2.45. The molecule has 2 fully saturated rings. The van der Waals surface area contributed by atoms with Crippen molar-refractivity contribution < 1.29 is 4.79 Å². The van der Waals surface area contributed by atoms with Crippen LogP contribution in [-0.2, 0) is 10.3 Å². The summed E-state index contributed by atoms with van der Waals surface area (Å²) < 4.78 is 10.5. The summed E-state index contributed by atoms with van der Waals surface area (Å²) in [7, 11) is 1.90. The molecule has 2 aliphatic rings. The minimum Gasteiger partial charge on any atom is -0.383 e. The van der Waals surface area contributed by atoms with E-state index in [9.17, 15) is 4.79 Å². The van der Waals surface area contributed by atoms with Crippen LogP contribution in [0.5, 0.6) is 0 Å². The molecule has 10 heteroatoms. The maximum Gasteiger partial charge on any atom is 0.219 e. The lowest BCUT2D eigenvalue weighted by molar-refractivity contribution is -0.129. The molecule has 3 heterocycles. The summed E-state index contributed by atoms with van der Waals surface area (Å²) in [6.07, 6.45) is 7.03. The third-order valence-electron chi connectivity index (χ3n) is 9.42. The summed E-state index contributed by atoms with van der Waals surface area (Å²) >= 11 is -0.638. The molecular weight excluding hydrogens is 675 g/mol. The number of benzene rings is 2. The van der Waals surface area contributed by atoms with E-state index in [1.807, 2.05) is 37.1 Å². The summed E-state index contributed by atoms with van der Waals surface area (Å²) in [6, 6.07) is 21.4. The number of pyridine rings is 1. The van der Waals surface area contributed by atoms with E-state index in [4.69, 9.17) is 21.4 Å². The van der Waals surface area contributed by atoms with Crippen molar-refractivity contribution in [3.05, 3.63) is 78.1 Å². The predicted molar refractivity (Wildman–Crippen MR) is 194 cm³/mol. The van der Waals surface area contributed by atoms with Crippen LogP contribution in [0.25, 0.3) is 33.7 Å². The first-order chi connectivity index (χ1) is 21.7. The molecule has 0 radical (unpaired) electrons. The van der Waals surface area contributed by atoms with Gasteiger partial charge in [0, 0.05) is 76.6 Å². The zero-order chi connectivity index (χ0) is 31.7. The van der Waals surface area contributed by atoms with Gasteiger partial charge in [0.05, 0.1) is 11.3 Å². The number of nitrogens with two attached hydrogens (primary N) is 2. The maximum atomic E-state index is 11.9. The van der Waals surface area contributed by atoms with E-state index in [-0.39, 0.29) is 17.5 Å². The number of nitrogens with zero attached hydrogens (tertiary/aromatic N) is 6. The van der Waals surface area contributed by atoms with Gasteiger partial charge in [0.15, 0.2) is 5.65 Å². The minimum atomic E-state index is -0.638. The average molecular weight is 717 g/mol. The van der Waals surface area contributed by atoms with Crippen LogP contribution < -0.4 is 16.4 Å². The van der Waals surface area contributed by atoms with Crippen molar-refractivity contribution in [3.8, 4) is 16.9 Å². The largest absolute Gasteiger partial charge is 0.383 e. The normalized spacial score (nSPS) is 17.4. The molecule has 0 bridgehead atoms. The van der Waals surface area contributed by atoms with Gasteiger partial charge < -0.3 is 21.3 Å². The first-order valence-electron chi connectivity index (χ1n) is 15.5. The molecule has 0 unspecified atom stereocenters. The quantitative estimate of drug-likeness (QED) is 0.132. The average Bonchev–Trinajstić information content (AvgIpc) is 3.42. The number of anilines is 1. The smallest absolute Gasteiger partial charge is 0.219 e. The van der Waals surface area contributed by atoms with Crippen LogP contribution in [0.1, 0.15) is 57.3 Å². The Bertz CT molecular complexity index is 1800. The molecule has 1 aliphatic heterocycles. The van der Waals surface area contributed by atoms with Crippen molar-refractivity contribution >= 4 is 59.7 Å². The van der Waals surface area contributed by atoms with Gasteiger partial charge in [-0.1, -0.05) is 30.3 Å². The number of carbonyl (C=O) groups excluding carboxylic acids is 1. The molecule has 0 spiro atoms. The van der Waals surface area contributed by atoms with Crippen molar-refractivity contribution in [2.45, 2.75) is 57.5 Å². The van der Waals surface area contributed by atoms with Crippen molar-refractivity contribution in [1.29, 1.82) is 0 Å². The van der Waals surface area contributed by atoms with Crippen LogP contribution in [0, 0.1) is 0 Å². The Morgan fingerprint density at radius 1 is 1.09 bits per heavy atom. The molecule has 45 heavy (non-hydrogen) atoms. The number of hydrogen-bond acceptors (Lipinski definition) is 6. The first-order valence-corrected chi connectivity index (χ1v) is 18.0. The summed E-state index contributed by atoms with van der Waals surface area (Å²) in [5.74, 6) is 1.26. The van der Waals surface area contributed by atoms with Gasteiger partial charge in [-0.3, -0.25) is 9.36 Å². The summed E-state index contributed by atoms with van der Waals surface area (Å²) in [4.78, 5) is 26.4. The standard InChI is InChI=1S/C35H41IN8O/c1-5-29(32(37)41-36-3)33-40-31-15-14-30(39-34(31)44(33)27-12-10-25(11-13-27)35(38)18-7-19-35)24-8-6-9-28(22-24)43-20-16-26(17-21-43)42(4)23(2)45/h5-6,8-15,22,26H,3,7,16-21,38H2,1-2,4H3,(H2,37,41)/b29-5+. The fourth-order valence-electron chi connectivity index (χ4n) is 6.46. The molecule has 1 saturated carbocycles. The van der Waals surface area contributed by atoms with Crippen LogP contribution in [0.4, 0.5) is 5.69 Å². The Hall–Kier alpha value is -3.90. The SMILES string of the molecule is C=IN=C(N)/C(=C\C)c1nc2ccc(-c3cccc(N4CCC(N(C)C(C)=O)CC4)c3)nc2n1-c1ccc(C2(N)CCC2)cc1. The Labute approximate surface area is 275 Å². The van der Waals surface area contributed by atoms with E-state index in [1.165, 1.54) is 0 Å². The van der Waals surface area contributed by atoms with E-state index >= 15 is 0 Å². The van der Waals surface area contributed by atoms with Crippen molar-refractivity contribution in [2.24, 2.45) is 14.7 Å². The minimum absolute atomic E-state index is 0.122. The second-order valence-electron chi connectivity index (χ2n) is 12.1. The highest BCUT2D eigenvalue weighted by atomic mass is 127. The molecule has 2 aromatic carbocycles. The lowest BCUT2D eigenvalue weighted by Gasteiger charge is -2.38. The zero-order valence-electron chi connectivity index (χ0n) is 26.2. The van der Waals surface area contributed by atoms with Crippen LogP contribution in [0.2, 0.25) is 0 Å². The van der Waals surface area contributed by atoms with E-state index in [0.29, 0.717) is 11.7 Å². The molecule has 1 amide bonds. The predicted octanol–water partition coefficient (Wildman–Crippen LogP) is 5.95. The van der Waals surface area contributed by atoms with Gasteiger partial charge in [-0.25, -0.2) is 13.2 Å². The molecule has 1 aliphatic carbocycles. The summed E-state index contributed by atoms with van der Waals surface area (Å²) in [6.45, 7) is 5.39. The number of aromatic nitrogens is 3. The maximum absolute atomic E-state index is 11.9. The van der Waals surface area contributed by atoms with Crippen molar-refractivity contribution in [2.75, 3.05) is 25.0 Å². The Kier molecular flexibility index (Phi) is 8.87. The van der Waals surface area contributed by atoms with Gasteiger partial charge in [0.1, 0.15) is 17.2 Å². The van der Waals surface area contributed by atoms with E-state index in [2.05, 4.69) is 65.7 Å². The van der Waals surface area contributed by atoms with Gasteiger partial charge in [-0.15, -0.1) is 0 Å². The molecule has 234 valence electrons. The number of amides is 1. The molecule has 2 aromatic heterocycles. The van der Waals surface area contributed by atoms with Crippen LogP contribution in [0.3, 0.4) is 0 Å².